The number of aryl methyl sites for hydroxylation is 1. The number of fused-ring (bicyclic) bond motifs is 1. The van der Waals surface area contributed by atoms with Crippen molar-refractivity contribution >= 4 is 22.7 Å². The number of rotatable bonds is 5. The van der Waals surface area contributed by atoms with Crippen molar-refractivity contribution in [2.24, 2.45) is 13.0 Å². The average Bonchev–Trinajstić information content (AvgIpc) is 3.12. The molecule has 3 rings (SSSR count). The minimum Gasteiger partial charge on any atom is -0.478 e. The van der Waals surface area contributed by atoms with E-state index in [-0.39, 0.29) is 11.6 Å². The summed E-state index contributed by atoms with van der Waals surface area (Å²) in [7, 11) is 1.80. The first-order valence-corrected chi connectivity index (χ1v) is 6.86. The zero-order chi connectivity index (χ0) is 14.3. The minimum atomic E-state index is -0.968. The highest BCUT2D eigenvalue weighted by Crippen LogP contribution is 2.35. The maximum absolute atomic E-state index is 11.4. The van der Waals surface area contributed by atoms with Crippen molar-refractivity contribution < 1.29 is 9.90 Å². The topological polar surface area (TPSA) is 80.0 Å². The maximum Gasteiger partial charge on any atom is 0.339 e. The number of aromatic nitrogens is 3. The number of hydrogen-bond acceptors (Lipinski definition) is 4. The lowest BCUT2D eigenvalue weighted by atomic mass is 10.1. The first-order chi connectivity index (χ1) is 9.56. The van der Waals surface area contributed by atoms with E-state index in [0.717, 1.165) is 17.7 Å². The second-order valence-corrected chi connectivity index (χ2v) is 5.58. The molecule has 106 valence electrons. The lowest BCUT2D eigenvalue weighted by Gasteiger charge is -2.17. The van der Waals surface area contributed by atoms with Gasteiger partial charge in [-0.25, -0.2) is 9.78 Å². The lowest BCUT2D eigenvalue weighted by molar-refractivity contribution is 0.0697. The van der Waals surface area contributed by atoms with Crippen LogP contribution in [0.15, 0.2) is 12.4 Å². The van der Waals surface area contributed by atoms with Gasteiger partial charge in [-0.15, -0.1) is 0 Å². The minimum absolute atomic E-state index is 0.202. The second-order valence-electron chi connectivity index (χ2n) is 5.58. The molecule has 1 unspecified atom stereocenters. The molecule has 2 N–H and O–H groups in total. The van der Waals surface area contributed by atoms with E-state index >= 15 is 0 Å². The van der Waals surface area contributed by atoms with E-state index in [1.165, 1.54) is 19.0 Å². The number of carboxylic acids is 1. The molecule has 0 aliphatic heterocycles. The van der Waals surface area contributed by atoms with Crippen molar-refractivity contribution in [3.63, 3.8) is 0 Å². The molecule has 1 aliphatic carbocycles. The van der Waals surface area contributed by atoms with Gasteiger partial charge in [0.2, 0.25) is 0 Å². The summed E-state index contributed by atoms with van der Waals surface area (Å²) < 4.78 is 1.65. The molecule has 20 heavy (non-hydrogen) atoms. The van der Waals surface area contributed by atoms with Gasteiger partial charge in [0, 0.05) is 19.3 Å². The van der Waals surface area contributed by atoms with Crippen LogP contribution < -0.4 is 5.32 Å². The lowest BCUT2D eigenvalue weighted by Crippen LogP contribution is -2.18. The Kier molecular flexibility index (Phi) is 3.08. The Morgan fingerprint density at radius 1 is 1.55 bits per heavy atom. The van der Waals surface area contributed by atoms with Gasteiger partial charge in [-0.3, -0.25) is 4.68 Å². The number of anilines is 1. The van der Waals surface area contributed by atoms with Gasteiger partial charge in [-0.05, 0) is 19.3 Å². The predicted molar refractivity (Wildman–Crippen MR) is 75.9 cm³/mol. The molecule has 2 aromatic rings. The van der Waals surface area contributed by atoms with Gasteiger partial charge < -0.3 is 10.4 Å². The van der Waals surface area contributed by atoms with Crippen molar-refractivity contribution in [3.05, 3.63) is 18.0 Å². The average molecular weight is 274 g/mol. The van der Waals surface area contributed by atoms with Crippen molar-refractivity contribution in [1.82, 2.24) is 14.8 Å². The molecule has 2 aromatic heterocycles. The van der Waals surface area contributed by atoms with Crippen LogP contribution in [0.2, 0.25) is 0 Å². The van der Waals surface area contributed by atoms with Crippen LogP contribution in [0.3, 0.4) is 0 Å². The third kappa shape index (κ3) is 2.33. The molecular weight excluding hydrogens is 256 g/mol. The van der Waals surface area contributed by atoms with Crippen molar-refractivity contribution in [2.75, 3.05) is 5.32 Å². The van der Waals surface area contributed by atoms with Crippen LogP contribution in [0.25, 0.3) is 11.0 Å². The zero-order valence-corrected chi connectivity index (χ0v) is 11.6. The molecule has 0 aromatic carbocycles. The van der Waals surface area contributed by atoms with E-state index < -0.39 is 5.97 Å². The Labute approximate surface area is 116 Å². The SMILES string of the molecule is CC(CC1CC1)Nc1c(C(=O)O)cnc2c1cnn2C. The van der Waals surface area contributed by atoms with Gasteiger partial charge in [0.15, 0.2) is 5.65 Å². The van der Waals surface area contributed by atoms with E-state index in [2.05, 4.69) is 22.3 Å². The Morgan fingerprint density at radius 3 is 2.95 bits per heavy atom. The summed E-state index contributed by atoms with van der Waals surface area (Å²) in [5, 5.41) is 17.6. The van der Waals surface area contributed by atoms with Crippen LogP contribution in [0, 0.1) is 5.92 Å². The van der Waals surface area contributed by atoms with E-state index in [0.29, 0.717) is 11.3 Å². The first-order valence-electron chi connectivity index (χ1n) is 6.86. The normalized spacial score (nSPS) is 16.3. The molecule has 1 fully saturated rings. The number of hydrogen-bond donors (Lipinski definition) is 2. The monoisotopic (exact) mass is 274 g/mol. The second kappa shape index (κ2) is 4.77. The molecule has 6 heteroatoms. The number of pyridine rings is 1. The van der Waals surface area contributed by atoms with Crippen LogP contribution in [-0.4, -0.2) is 31.9 Å². The summed E-state index contributed by atoms with van der Waals surface area (Å²) in [6.07, 6.45) is 6.72. The molecule has 0 bridgehead atoms. The molecule has 1 atom stereocenters. The molecule has 1 aliphatic rings. The summed E-state index contributed by atoms with van der Waals surface area (Å²) in [5.74, 6) is -0.179. The Bertz CT molecular complexity index is 660. The maximum atomic E-state index is 11.4. The van der Waals surface area contributed by atoms with Crippen molar-refractivity contribution in [2.45, 2.75) is 32.2 Å². The van der Waals surface area contributed by atoms with Gasteiger partial charge in [-0.2, -0.15) is 5.10 Å². The highest BCUT2D eigenvalue weighted by Gasteiger charge is 2.25. The quantitative estimate of drug-likeness (QED) is 0.874. The summed E-state index contributed by atoms with van der Waals surface area (Å²) >= 11 is 0. The number of nitrogens with one attached hydrogen (secondary N) is 1. The molecule has 0 amide bonds. The highest BCUT2D eigenvalue weighted by atomic mass is 16.4. The van der Waals surface area contributed by atoms with E-state index in [1.54, 1.807) is 17.9 Å². The molecule has 2 heterocycles. The van der Waals surface area contributed by atoms with Gasteiger partial charge in [-0.1, -0.05) is 12.8 Å². The molecule has 6 nitrogen and oxygen atoms in total. The molecule has 1 saturated carbocycles. The summed E-state index contributed by atoms with van der Waals surface area (Å²) in [6, 6.07) is 0.242. The largest absolute Gasteiger partial charge is 0.478 e. The van der Waals surface area contributed by atoms with E-state index in [1.807, 2.05) is 0 Å². The van der Waals surface area contributed by atoms with Crippen LogP contribution >= 0.6 is 0 Å². The number of aromatic carboxylic acids is 1. The van der Waals surface area contributed by atoms with Gasteiger partial charge in [0.05, 0.1) is 17.3 Å². The first kappa shape index (κ1) is 12.9. The fourth-order valence-electron chi connectivity index (χ4n) is 2.57. The van der Waals surface area contributed by atoms with Crippen molar-refractivity contribution in [3.8, 4) is 0 Å². The summed E-state index contributed by atoms with van der Waals surface area (Å²) in [6.45, 7) is 2.09. The van der Waals surface area contributed by atoms with Crippen LogP contribution in [-0.2, 0) is 7.05 Å². The fraction of sp³-hybridized carbons (Fsp3) is 0.500. The Morgan fingerprint density at radius 2 is 2.30 bits per heavy atom. The molecule has 0 saturated heterocycles. The van der Waals surface area contributed by atoms with Crippen molar-refractivity contribution in [1.29, 1.82) is 0 Å². The molecule has 0 spiro atoms. The van der Waals surface area contributed by atoms with E-state index in [9.17, 15) is 9.90 Å². The number of carboxylic acid groups (broad SMARTS) is 1. The smallest absolute Gasteiger partial charge is 0.339 e. The fourth-order valence-corrected chi connectivity index (χ4v) is 2.57. The standard InChI is InChI=1S/C14H18N4O2/c1-8(5-9-3-4-9)17-12-10-7-16-18(2)13(10)15-6-11(12)14(19)20/h6-9H,3-5H2,1-2H3,(H,15,17)(H,19,20). The van der Waals surface area contributed by atoms with E-state index in [4.69, 9.17) is 0 Å². The predicted octanol–water partition coefficient (Wildman–Crippen LogP) is 2.27. The molecule has 0 radical (unpaired) electrons. The number of nitrogens with zero attached hydrogens (tertiary/aromatic N) is 3. The Balaban J connectivity index is 1.99. The van der Waals surface area contributed by atoms with Crippen LogP contribution in [0.4, 0.5) is 5.69 Å². The Hall–Kier alpha value is -2.11. The van der Waals surface area contributed by atoms with Gasteiger partial charge >= 0.3 is 5.97 Å². The number of carbonyl (C=O) groups is 1. The third-order valence-corrected chi connectivity index (χ3v) is 3.77. The summed E-state index contributed by atoms with van der Waals surface area (Å²) in [4.78, 5) is 15.6. The highest BCUT2D eigenvalue weighted by molar-refractivity contribution is 6.03. The third-order valence-electron chi connectivity index (χ3n) is 3.77. The van der Waals surface area contributed by atoms with Crippen LogP contribution in [0.5, 0.6) is 0 Å². The van der Waals surface area contributed by atoms with Gasteiger partial charge in [0.1, 0.15) is 5.56 Å². The zero-order valence-electron chi connectivity index (χ0n) is 11.6. The summed E-state index contributed by atoms with van der Waals surface area (Å²) in [5.41, 5.74) is 1.52. The van der Waals surface area contributed by atoms with Gasteiger partial charge in [0.25, 0.3) is 0 Å². The van der Waals surface area contributed by atoms with Crippen LogP contribution in [0.1, 0.15) is 36.5 Å². The molecular formula is C14H18N4O2.